The van der Waals surface area contributed by atoms with Crippen molar-refractivity contribution in [3.05, 3.63) is 101 Å². The Kier molecular flexibility index (Phi) is 10.6. The first-order chi connectivity index (χ1) is 19.8. The van der Waals surface area contributed by atoms with Crippen LogP contribution in [0.1, 0.15) is 48.4 Å². The summed E-state index contributed by atoms with van der Waals surface area (Å²) in [6, 6.07) is 20.4. The molecule has 0 spiro atoms. The van der Waals surface area contributed by atoms with Gasteiger partial charge in [-0.1, -0.05) is 54.6 Å². The molecule has 10 heteroatoms. The van der Waals surface area contributed by atoms with Gasteiger partial charge in [0.05, 0.1) is 4.90 Å². The third-order valence-corrected chi connectivity index (χ3v) is 9.06. The minimum Gasteiger partial charge on any atom is -0.396 e. The molecule has 1 atom stereocenters. The fourth-order valence-corrected chi connectivity index (χ4v) is 6.42. The number of aryl methyl sites for hydroxylation is 1. The highest BCUT2D eigenvalue weighted by Gasteiger charge is 2.31. The quantitative estimate of drug-likeness (QED) is 0.299. The molecule has 0 aliphatic carbocycles. The molecular weight excluding hydrogens is 545 g/mol. The van der Waals surface area contributed by atoms with Crippen LogP contribution < -0.4 is 5.32 Å². The average Bonchev–Trinajstić information content (AvgIpc) is 3.54. The zero-order valence-electron chi connectivity index (χ0n) is 22.9. The van der Waals surface area contributed by atoms with E-state index in [0.717, 1.165) is 18.4 Å². The molecule has 0 bridgehead atoms. The SMILES string of the molecule is O=C(NCCCO)[C@H](c1ccccc1)N(Cc1ccc(F)cc1)C(=O)CCc1ccc(S(=O)(=O)N2CCCC2)cc1. The maximum Gasteiger partial charge on any atom is 0.247 e. The summed E-state index contributed by atoms with van der Waals surface area (Å²) in [5.74, 6) is -1.06. The lowest BCUT2D eigenvalue weighted by Gasteiger charge is -2.32. The number of carbonyl (C=O) groups excluding carboxylic acids is 2. The molecule has 1 heterocycles. The van der Waals surface area contributed by atoms with Crippen LogP contribution >= 0.6 is 0 Å². The fraction of sp³-hybridized carbons (Fsp3) is 0.355. The van der Waals surface area contributed by atoms with Crippen LogP contribution in [-0.4, -0.2) is 60.8 Å². The van der Waals surface area contributed by atoms with E-state index in [9.17, 15) is 22.4 Å². The number of amides is 2. The molecule has 1 fully saturated rings. The van der Waals surface area contributed by atoms with E-state index in [1.807, 2.05) is 6.07 Å². The van der Waals surface area contributed by atoms with Crippen LogP contribution in [0.2, 0.25) is 0 Å². The van der Waals surface area contributed by atoms with Crippen molar-refractivity contribution in [2.75, 3.05) is 26.2 Å². The van der Waals surface area contributed by atoms with Gasteiger partial charge in [0, 0.05) is 39.2 Å². The monoisotopic (exact) mass is 581 g/mol. The minimum atomic E-state index is -3.53. The van der Waals surface area contributed by atoms with Crippen molar-refractivity contribution in [1.29, 1.82) is 0 Å². The Labute approximate surface area is 240 Å². The van der Waals surface area contributed by atoms with Gasteiger partial charge in [0.25, 0.3) is 0 Å². The van der Waals surface area contributed by atoms with Gasteiger partial charge in [0.2, 0.25) is 21.8 Å². The van der Waals surface area contributed by atoms with Crippen molar-refractivity contribution >= 4 is 21.8 Å². The molecule has 0 radical (unpaired) electrons. The van der Waals surface area contributed by atoms with E-state index in [0.29, 0.717) is 37.1 Å². The number of aliphatic hydroxyl groups is 1. The lowest BCUT2D eigenvalue weighted by atomic mass is 10.0. The molecule has 0 saturated carbocycles. The van der Waals surface area contributed by atoms with Crippen molar-refractivity contribution in [2.45, 2.75) is 49.6 Å². The maximum atomic E-state index is 13.8. The molecule has 1 aliphatic heterocycles. The van der Waals surface area contributed by atoms with Crippen LogP contribution in [-0.2, 0) is 32.6 Å². The summed E-state index contributed by atoms with van der Waals surface area (Å²) in [7, 11) is -3.53. The predicted octanol–water partition coefficient (Wildman–Crippen LogP) is 3.81. The summed E-state index contributed by atoms with van der Waals surface area (Å²) >= 11 is 0. The van der Waals surface area contributed by atoms with Crippen molar-refractivity contribution in [3.63, 3.8) is 0 Å². The Morgan fingerprint density at radius 1 is 0.927 bits per heavy atom. The smallest absolute Gasteiger partial charge is 0.247 e. The molecule has 41 heavy (non-hydrogen) atoms. The molecule has 1 aliphatic rings. The normalized spacial score (nSPS) is 14.5. The second-order valence-electron chi connectivity index (χ2n) is 10.1. The Morgan fingerprint density at radius 2 is 1.56 bits per heavy atom. The molecule has 2 N–H and O–H groups in total. The molecule has 218 valence electrons. The van der Waals surface area contributed by atoms with Crippen molar-refractivity contribution in [3.8, 4) is 0 Å². The number of nitrogens with zero attached hydrogens (tertiary/aromatic N) is 2. The van der Waals surface area contributed by atoms with E-state index in [1.165, 1.54) is 21.3 Å². The Hall–Kier alpha value is -3.60. The Morgan fingerprint density at radius 3 is 2.20 bits per heavy atom. The Bertz CT molecular complexity index is 1390. The van der Waals surface area contributed by atoms with Crippen LogP contribution in [0.4, 0.5) is 4.39 Å². The summed E-state index contributed by atoms with van der Waals surface area (Å²) in [5.41, 5.74) is 2.09. The second-order valence-corrected chi connectivity index (χ2v) is 12.0. The van der Waals surface area contributed by atoms with Crippen LogP contribution in [0, 0.1) is 5.82 Å². The van der Waals surface area contributed by atoms with Gasteiger partial charge in [-0.25, -0.2) is 12.8 Å². The standard InChI is InChI=1S/C31H36FN3O5S/c32-27-14-9-25(10-15-27)23-35(30(26-7-2-1-3-8-26)31(38)33-19-6-22-36)29(37)18-13-24-11-16-28(17-12-24)41(39,40)34-20-4-5-21-34/h1-3,7-12,14-17,30,36H,4-6,13,18-23H2,(H,33,38)/t30-/m0/s1. The van der Waals surface area contributed by atoms with Gasteiger partial charge in [-0.05, 0) is 66.6 Å². The molecule has 2 amide bonds. The lowest BCUT2D eigenvalue weighted by molar-refractivity contribution is -0.141. The van der Waals surface area contributed by atoms with E-state index in [4.69, 9.17) is 5.11 Å². The molecule has 3 aromatic rings. The van der Waals surface area contributed by atoms with E-state index in [1.54, 1.807) is 60.7 Å². The number of nitrogens with one attached hydrogen (secondary N) is 1. The number of halogens is 1. The summed E-state index contributed by atoms with van der Waals surface area (Å²) in [6.07, 6.45) is 2.51. The molecule has 0 aromatic heterocycles. The molecule has 3 aromatic carbocycles. The first-order valence-electron chi connectivity index (χ1n) is 13.9. The molecule has 1 saturated heterocycles. The number of rotatable bonds is 13. The number of carbonyl (C=O) groups is 2. The number of hydrogen-bond acceptors (Lipinski definition) is 5. The molecule has 4 rings (SSSR count). The lowest BCUT2D eigenvalue weighted by Crippen LogP contribution is -2.43. The van der Waals surface area contributed by atoms with Crippen molar-refractivity contribution in [1.82, 2.24) is 14.5 Å². The van der Waals surface area contributed by atoms with Gasteiger partial charge in [0.1, 0.15) is 11.9 Å². The number of aliphatic hydroxyl groups excluding tert-OH is 1. The highest BCUT2D eigenvalue weighted by molar-refractivity contribution is 7.89. The van der Waals surface area contributed by atoms with Gasteiger partial charge in [0.15, 0.2) is 0 Å². The van der Waals surface area contributed by atoms with Crippen LogP contribution in [0.5, 0.6) is 0 Å². The van der Waals surface area contributed by atoms with Gasteiger partial charge in [-0.2, -0.15) is 4.31 Å². The maximum absolute atomic E-state index is 13.8. The number of benzene rings is 3. The van der Waals surface area contributed by atoms with Crippen LogP contribution in [0.3, 0.4) is 0 Å². The third-order valence-electron chi connectivity index (χ3n) is 7.15. The highest BCUT2D eigenvalue weighted by atomic mass is 32.2. The van der Waals surface area contributed by atoms with E-state index in [-0.39, 0.29) is 42.8 Å². The zero-order chi connectivity index (χ0) is 29.2. The summed E-state index contributed by atoms with van der Waals surface area (Å²) in [4.78, 5) is 28.9. The first-order valence-corrected chi connectivity index (χ1v) is 15.3. The topological polar surface area (TPSA) is 107 Å². The van der Waals surface area contributed by atoms with E-state index in [2.05, 4.69) is 5.32 Å². The summed E-state index contributed by atoms with van der Waals surface area (Å²) < 4.78 is 40.8. The number of sulfonamides is 1. The van der Waals surface area contributed by atoms with Gasteiger partial charge < -0.3 is 15.3 Å². The summed E-state index contributed by atoms with van der Waals surface area (Å²) in [6.45, 7) is 1.31. The molecule has 8 nitrogen and oxygen atoms in total. The third kappa shape index (κ3) is 8.00. The van der Waals surface area contributed by atoms with Crippen molar-refractivity contribution in [2.24, 2.45) is 0 Å². The van der Waals surface area contributed by atoms with Crippen LogP contribution in [0.15, 0.2) is 83.8 Å². The zero-order valence-corrected chi connectivity index (χ0v) is 23.7. The van der Waals surface area contributed by atoms with Crippen LogP contribution in [0.25, 0.3) is 0 Å². The van der Waals surface area contributed by atoms with Crippen molar-refractivity contribution < 1.29 is 27.5 Å². The minimum absolute atomic E-state index is 0.0761. The first kappa shape index (κ1) is 30.4. The van der Waals surface area contributed by atoms with E-state index >= 15 is 0 Å². The van der Waals surface area contributed by atoms with E-state index < -0.39 is 21.9 Å². The second kappa shape index (κ2) is 14.3. The summed E-state index contributed by atoms with van der Waals surface area (Å²) in [5, 5.41) is 12.0. The molecular formula is C31H36FN3O5S. The fourth-order valence-electron chi connectivity index (χ4n) is 4.91. The van der Waals surface area contributed by atoms with Gasteiger partial charge in [-0.15, -0.1) is 0 Å². The largest absolute Gasteiger partial charge is 0.396 e. The highest BCUT2D eigenvalue weighted by Crippen LogP contribution is 2.26. The number of hydrogen-bond donors (Lipinski definition) is 2. The average molecular weight is 582 g/mol. The van der Waals surface area contributed by atoms with Gasteiger partial charge >= 0.3 is 0 Å². The predicted molar refractivity (Wildman–Crippen MR) is 154 cm³/mol. The van der Waals surface area contributed by atoms with Gasteiger partial charge in [-0.3, -0.25) is 9.59 Å². The molecule has 0 unspecified atom stereocenters. The Balaban J connectivity index is 1.55.